The minimum absolute atomic E-state index is 0.117. The zero-order chi connectivity index (χ0) is 25.4. The average Bonchev–Trinajstić information content (AvgIpc) is 3.26. The van der Waals surface area contributed by atoms with E-state index in [1.54, 1.807) is 13.8 Å². The first-order valence-corrected chi connectivity index (χ1v) is 11.9. The molecule has 1 saturated heterocycles. The van der Waals surface area contributed by atoms with E-state index in [9.17, 15) is 24.3 Å². The maximum atomic E-state index is 13.4. The fourth-order valence-corrected chi connectivity index (χ4v) is 4.20. The highest BCUT2D eigenvalue weighted by Crippen LogP contribution is 2.21. The summed E-state index contributed by atoms with van der Waals surface area (Å²) in [7, 11) is 0. The van der Waals surface area contributed by atoms with E-state index in [0.717, 1.165) is 5.56 Å². The van der Waals surface area contributed by atoms with E-state index in [0.29, 0.717) is 32.2 Å². The van der Waals surface area contributed by atoms with Crippen molar-refractivity contribution in [1.29, 1.82) is 0 Å². The second-order valence-corrected chi connectivity index (χ2v) is 9.75. The Balaban J connectivity index is 2.11. The third kappa shape index (κ3) is 7.55. The quantitative estimate of drug-likeness (QED) is 0.381. The fraction of sp³-hybridized carbons (Fsp3) is 0.600. The highest BCUT2D eigenvalue weighted by Gasteiger charge is 2.39. The van der Waals surface area contributed by atoms with Gasteiger partial charge in [0.05, 0.1) is 6.04 Å². The molecular weight excluding hydrogens is 436 g/mol. The Morgan fingerprint density at radius 1 is 1.09 bits per heavy atom. The number of carbonyl (C=O) groups is 4. The maximum absolute atomic E-state index is 13.4. The van der Waals surface area contributed by atoms with Crippen molar-refractivity contribution in [3.05, 3.63) is 35.9 Å². The Morgan fingerprint density at radius 2 is 1.74 bits per heavy atom. The van der Waals surface area contributed by atoms with Crippen molar-refractivity contribution in [2.45, 2.75) is 77.5 Å². The van der Waals surface area contributed by atoms with Crippen molar-refractivity contribution in [3.8, 4) is 0 Å². The van der Waals surface area contributed by atoms with E-state index < -0.39 is 42.0 Å². The molecule has 0 bridgehead atoms. The lowest BCUT2D eigenvalue weighted by molar-refractivity contribution is -0.146. The number of likely N-dealkylation sites (tertiary alicyclic amines) is 1. The molecule has 188 valence electrons. The monoisotopic (exact) mass is 474 g/mol. The summed E-state index contributed by atoms with van der Waals surface area (Å²) in [6, 6.07) is 5.97. The molecule has 4 atom stereocenters. The summed E-state index contributed by atoms with van der Waals surface area (Å²) in [6.45, 7) is 7.69. The molecule has 2 rings (SSSR count). The standard InChI is InChI=1S/C25H38N4O5/c1-15(2)13-19(27-22(30)18(26)14-17-9-6-5-7-10-17)24(32)29-12-8-11-20(29)23(31)28-21(16(3)4)25(33)34/h5-7,9-10,15-16,18-21H,8,11-14,26H2,1-4H3,(H,27,30)(H,28,31)(H,33,34). The van der Waals surface area contributed by atoms with E-state index in [2.05, 4.69) is 10.6 Å². The first kappa shape index (κ1) is 27.3. The van der Waals surface area contributed by atoms with Crippen molar-refractivity contribution in [2.24, 2.45) is 17.6 Å². The molecule has 34 heavy (non-hydrogen) atoms. The van der Waals surface area contributed by atoms with Gasteiger partial charge in [-0.05, 0) is 43.1 Å². The average molecular weight is 475 g/mol. The number of carboxylic acids is 1. The second-order valence-electron chi connectivity index (χ2n) is 9.75. The Kier molecular flexibility index (Phi) is 10.0. The molecule has 1 aliphatic rings. The Bertz CT molecular complexity index is 858. The van der Waals surface area contributed by atoms with E-state index in [1.165, 1.54) is 4.90 Å². The molecule has 1 fully saturated rings. The lowest BCUT2D eigenvalue weighted by atomic mass is 10.0. The van der Waals surface area contributed by atoms with Gasteiger partial charge in [-0.1, -0.05) is 58.0 Å². The molecule has 0 aromatic heterocycles. The number of rotatable bonds is 11. The summed E-state index contributed by atoms with van der Waals surface area (Å²) < 4.78 is 0. The molecule has 1 aromatic carbocycles. The number of hydrogen-bond donors (Lipinski definition) is 4. The van der Waals surface area contributed by atoms with Gasteiger partial charge in [0.2, 0.25) is 17.7 Å². The van der Waals surface area contributed by atoms with Crippen molar-refractivity contribution < 1.29 is 24.3 Å². The van der Waals surface area contributed by atoms with Gasteiger partial charge in [0.15, 0.2) is 0 Å². The van der Waals surface area contributed by atoms with Gasteiger partial charge in [0, 0.05) is 6.54 Å². The van der Waals surface area contributed by atoms with Crippen LogP contribution >= 0.6 is 0 Å². The molecular formula is C25H38N4O5. The van der Waals surface area contributed by atoms with Crippen LogP contribution in [0.4, 0.5) is 0 Å². The Labute approximate surface area is 201 Å². The molecule has 0 radical (unpaired) electrons. The zero-order valence-corrected chi connectivity index (χ0v) is 20.5. The van der Waals surface area contributed by atoms with Crippen LogP contribution in [-0.2, 0) is 25.6 Å². The summed E-state index contributed by atoms with van der Waals surface area (Å²) in [5.74, 6) is -2.55. The molecule has 0 spiro atoms. The minimum atomic E-state index is -1.11. The van der Waals surface area contributed by atoms with Gasteiger partial charge in [-0.3, -0.25) is 14.4 Å². The molecule has 4 unspecified atom stereocenters. The van der Waals surface area contributed by atoms with Crippen molar-refractivity contribution in [1.82, 2.24) is 15.5 Å². The molecule has 1 aromatic rings. The number of nitrogens with zero attached hydrogens (tertiary/aromatic N) is 1. The molecule has 9 nitrogen and oxygen atoms in total. The molecule has 0 saturated carbocycles. The van der Waals surface area contributed by atoms with Gasteiger partial charge >= 0.3 is 5.97 Å². The van der Waals surface area contributed by atoms with E-state index in [4.69, 9.17) is 5.73 Å². The lowest BCUT2D eigenvalue weighted by Gasteiger charge is -2.31. The number of carboxylic acid groups (broad SMARTS) is 1. The third-order valence-electron chi connectivity index (χ3n) is 6.03. The summed E-state index contributed by atoms with van der Waals surface area (Å²) in [5, 5.41) is 14.8. The Hall–Kier alpha value is -2.94. The van der Waals surface area contributed by atoms with Crippen LogP contribution in [0.1, 0.15) is 52.5 Å². The number of amides is 3. The summed E-state index contributed by atoms with van der Waals surface area (Å²) >= 11 is 0. The smallest absolute Gasteiger partial charge is 0.326 e. The van der Waals surface area contributed by atoms with Crippen molar-refractivity contribution in [3.63, 3.8) is 0 Å². The highest BCUT2D eigenvalue weighted by molar-refractivity contribution is 5.94. The van der Waals surface area contributed by atoms with Crippen LogP contribution in [0.3, 0.4) is 0 Å². The number of carbonyl (C=O) groups excluding carboxylic acids is 3. The number of aliphatic carboxylic acids is 1. The molecule has 3 amide bonds. The summed E-state index contributed by atoms with van der Waals surface area (Å²) in [4.78, 5) is 52.1. The van der Waals surface area contributed by atoms with E-state index in [1.807, 2.05) is 44.2 Å². The van der Waals surface area contributed by atoms with Gasteiger partial charge in [-0.2, -0.15) is 0 Å². The van der Waals surface area contributed by atoms with Gasteiger partial charge in [0.25, 0.3) is 0 Å². The summed E-state index contributed by atoms with van der Waals surface area (Å²) in [5.41, 5.74) is 7.03. The molecule has 0 aliphatic carbocycles. The largest absolute Gasteiger partial charge is 0.480 e. The van der Waals surface area contributed by atoms with Crippen LogP contribution in [0, 0.1) is 11.8 Å². The van der Waals surface area contributed by atoms with Gasteiger partial charge in [-0.25, -0.2) is 4.79 Å². The van der Waals surface area contributed by atoms with E-state index >= 15 is 0 Å². The summed E-state index contributed by atoms with van der Waals surface area (Å²) in [6.07, 6.45) is 1.81. The molecule has 5 N–H and O–H groups in total. The van der Waals surface area contributed by atoms with Gasteiger partial charge in [0.1, 0.15) is 18.1 Å². The number of nitrogens with two attached hydrogens (primary N) is 1. The van der Waals surface area contributed by atoms with Crippen LogP contribution in [0.25, 0.3) is 0 Å². The minimum Gasteiger partial charge on any atom is -0.480 e. The zero-order valence-electron chi connectivity index (χ0n) is 20.5. The maximum Gasteiger partial charge on any atom is 0.326 e. The topological polar surface area (TPSA) is 142 Å². The Morgan fingerprint density at radius 3 is 2.29 bits per heavy atom. The fourth-order valence-electron chi connectivity index (χ4n) is 4.20. The van der Waals surface area contributed by atoms with Crippen molar-refractivity contribution in [2.75, 3.05) is 6.54 Å². The third-order valence-corrected chi connectivity index (χ3v) is 6.03. The normalized spacial score (nSPS) is 18.4. The first-order chi connectivity index (χ1) is 16.0. The van der Waals surface area contributed by atoms with Crippen LogP contribution < -0.4 is 16.4 Å². The SMILES string of the molecule is CC(C)CC(NC(=O)C(N)Cc1ccccc1)C(=O)N1CCCC1C(=O)NC(C(=O)O)C(C)C. The van der Waals surface area contributed by atoms with Crippen LogP contribution in [0.15, 0.2) is 30.3 Å². The van der Waals surface area contributed by atoms with Crippen LogP contribution in [0.5, 0.6) is 0 Å². The molecule has 9 heteroatoms. The molecule has 1 aliphatic heterocycles. The molecule has 1 heterocycles. The lowest BCUT2D eigenvalue weighted by Crippen LogP contribution is -2.57. The van der Waals surface area contributed by atoms with Crippen molar-refractivity contribution >= 4 is 23.7 Å². The number of hydrogen-bond acceptors (Lipinski definition) is 5. The van der Waals surface area contributed by atoms with Crippen LogP contribution in [-0.4, -0.2) is 64.4 Å². The van der Waals surface area contributed by atoms with Gasteiger partial charge in [-0.15, -0.1) is 0 Å². The highest BCUT2D eigenvalue weighted by atomic mass is 16.4. The first-order valence-electron chi connectivity index (χ1n) is 11.9. The predicted molar refractivity (Wildman–Crippen MR) is 129 cm³/mol. The second kappa shape index (κ2) is 12.5. The number of benzene rings is 1. The predicted octanol–water partition coefficient (Wildman–Crippen LogP) is 1.30. The number of nitrogens with one attached hydrogen (secondary N) is 2. The van der Waals surface area contributed by atoms with Crippen LogP contribution in [0.2, 0.25) is 0 Å². The van der Waals surface area contributed by atoms with E-state index in [-0.39, 0.29) is 17.7 Å². The van der Waals surface area contributed by atoms with Gasteiger partial charge < -0.3 is 26.4 Å².